The third-order valence-electron chi connectivity index (χ3n) is 2.92. The Morgan fingerprint density at radius 2 is 2.00 bits per heavy atom. The number of amides is 1. The van der Waals surface area contributed by atoms with Crippen molar-refractivity contribution in [2.24, 2.45) is 5.73 Å². The van der Waals surface area contributed by atoms with Crippen LogP contribution in [0, 0.1) is 5.82 Å². The summed E-state index contributed by atoms with van der Waals surface area (Å²) in [7, 11) is 0. The number of aromatic carboxylic acids is 1. The Morgan fingerprint density at radius 1 is 1.29 bits per heavy atom. The van der Waals surface area contributed by atoms with Gasteiger partial charge in [-0.15, -0.1) is 0 Å². The van der Waals surface area contributed by atoms with Crippen LogP contribution < -0.4 is 11.3 Å². The summed E-state index contributed by atoms with van der Waals surface area (Å²) in [5, 5.41) is 8.88. The van der Waals surface area contributed by atoms with Gasteiger partial charge < -0.3 is 15.4 Å². The van der Waals surface area contributed by atoms with Gasteiger partial charge >= 0.3 is 5.97 Å². The number of rotatable bonds is 4. The average Bonchev–Trinajstić information content (AvgIpc) is 2.42. The van der Waals surface area contributed by atoms with E-state index in [2.05, 4.69) is 0 Å². The number of primary amides is 1. The van der Waals surface area contributed by atoms with Crippen LogP contribution in [0.3, 0.4) is 0 Å². The first kappa shape index (κ1) is 14.4. The molecule has 0 aliphatic heterocycles. The molecular weight excluding hydrogens is 279 g/mol. The van der Waals surface area contributed by atoms with E-state index in [0.29, 0.717) is 0 Å². The smallest absolute Gasteiger partial charge is 0.341 e. The molecule has 0 saturated carbocycles. The van der Waals surface area contributed by atoms with Crippen LogP contribution in [0.1, 0.15) is 26.3 Å². The molecule has 0 radical (unpaired) electrons. The molecule has 0 atom stereocenters. The molecule has 6 nitrogen and oxygen atoms in total. The van der Waals surface area contributed by atoms with Gasteiger partial charge in [-0.1, -0.05) is 0 Å². The van der Waals surface area contributed by atoms with E-state index in [1.165, 1.54) is 24.4 Å². The lowest BCUT2D eigenvalue weighted by Crippen LogP contribution is -2.26. The Morgan fingerprint density at radius 3 is 2.62 bits per heavy atom. The molecule has 0 fully saturated rings. The van der Waals surface area contributed by atoms with E-state index in [0.717, 1.165) is 16.7 Å². The Balaban J connectivity index is 2.46. The summed E-state index contributed by atoms with van der Waals surface area (Å²) in [4.78, 5) is 33.9. The Kier molecular flexibility index (Phi) is 3.84. The van der Waals surface area contributed by atoms with Gasteiger partial charge in [0.25, 0.3) is 5.56 Å². The van der Waals surface area contributed by atoms with E-state index in [4.69, 9.17) is 10.8 Å². The zero-order valence-electron chi connectivity index (χ0n) is 10.7. The first-order valence-electron chi connectivity index (χ1n) is 5.91. The number of nitrogens with zero attached hydrogens (tertiary/aromatic N) is 1. The van der Waals surface area contributed by atoms with Crippen molar-refractivity contribution < 1.29 is 19.1 Å². The Labute approximate surface area is 118 Å². The molecule has 0 aliphatic rings. The summed E-state index contributed by atoms with van der Waals surface area (Å²) >= 11 is 0. The summed E-state index contributed by atoms with van der Waals surface area (Å²) in [6, 6.07) is 6.08. The molecule has 1 amide bonds. The number of aromatic nitrogens is 1. The molecule has 1 aromatic heterocycles. The predicted molar refractivity (Wildman–Crippen MR) is 71.7 cm³/mol. The van der Waals surface area contributed by atoms with Crippen LogP contribution in [-0.4, -0.2) is 21.6 Å². The van der Waals surface area contributed by atoms with Gasteiger partial charge in [0.05, 0.1) is 6.54 Å². The van der Waals surface area contributed by atoms with E-state index in [1.807, 2.05) is 0 Å². The zero-order chi connectivity index (χ0) is 15.6. The van der Waals surface area contributed by atoms with Gasteiger partial charge in [0.2, 0.25) is 5.91 Å². The van der Waals surface area contributed by atoms with Gasteiger partial charge in [0.1, 0.15) is 11.4 Å². The molecule has 0 spiro atoms. The number of halogens is 1. The average molecular weight is 290 g/mol. The second-order valence-electron chi connectivity index (χ2n) is 4.33. The highest BCUT2D eigenvalue weighted by molar-refractivity contribution is 5.92. The second-order valence-corrected chi connectivity index (χ2v) is 4.33. The van der Waals surface area contributed by atoms with Gasteiger partial charge in [-0.05, 0) is 30.3 Å². The molecular formula is C14H11FN2O4. The molecule has 1 aromatic carbocycles. The van der Waals surface area contributed by atoms with E-state index in [-0.39, 0.29) is 17.7 Å². The number of carbonyl (C=O) groups excluding carboxylic acids is 1. The molecule has 0 bridgehead atoms. The highest BCUT2D eigenvalue weighted by atomic mass is 19.1. The van der Waals surface area contributed by atoms with Gasteiger partial charge in [-0.2, -0.15) is 0 Å². The predicted octanol–water partition coefficient (Wildman–Crippen LogP) is 0.833. The molecule has 2 rings (SSSR count). The Hall–Kier alpha value is -2.96. The first-order valence-corrected chi connectivity index (χ1v) is 5.91. The maximum Gasteiger partial charge on any atom is 0.341 e. The van der Waals surface area contributed by atoms with E-state index in [9.17, 15) is 18.8 Å². The number of carbonyl (C=O) groups is 2. The van der Waals surface area contributed by atoms with Crippen molar-refractivity contribution in [3.8, 4) is 0 Å². The molecule has 21 heavy (non-hydrogen) atoms. The number of pyridine rings is 1. The van der Waals surface area contributed by atoms with Gasteiger partial charge in [-0.25, -0.2) is 9.18 Å². The van der Waals surface area contributed by atoms with Crippen LogP contribution in [0.4, 0.5) is 4.39 Å². The minimum Gasteiger partial charge on any atom is -0.477 e. The zero-order valence-corrected chi connectivity index (χ0v) is 10.7. The molecule has 3 N–H and O–H groups in total. The number of nitrogens with two attached hydrogens (primary N) is 1. The van der Waals surface area contributed by atoms with Crippen LogP contribution in [0.15, 0.2) is 41.3 Å². The van der Waals surface area contributed by atoms with E-state index >= 15 is 0 Å². The maximum absolute atomic E-state index is 13.7. The molecule has 7 heteroatoms. The topological polar surface area (TPSA) is 102 Å². The summed E-state index contributed by atoms with van der Waals surface area (Å²) in [6.45, 7) is -0.201. The van der Waals surface area contributed by atoms with E-state index < -0.39 is 28.8 Å². The molecule has 2 aromatic rings. The monoisotopic (exact) mass is 290 g/mol. The lowest BCUT2D eigenvalue weighted by Gasteiger charge is -2.08. The van der Waals surface area contributed by atoms with Crippen molar-refractivity contribution in [3.63, 3.8) is 0 Å². The molecule has 108 valence electrons. The summed E-state index contributed by atoms with van der Waals surface area (Å²) in [6.07, 6.45) is 1.34. The van der Waals surface area contributed by atoms with E-state index in [1.54, 1.807) is 0 Å². The van der Waals surface area contributed by atoms with Crippen LogP contribution in [0.2, 0.25) is 0 Å². The van der Waals surface area contributed by atoms with Crippen molar-refractivity contribution in [3.05, 3.63) is 69.4 Å². The highest BCUT2D eigenvalue weighted by Crippen LogP contribution is 2.11. The largest absolute Gasteiger partial charge is 0.477 e. The maximum atomic E-state index is 13.7. The molecule has 0 aliphatic carbocycles. The molecule has 0 unspecified atom stereocenters. The van der Waals surface area contributed by atoms with Gasteiger partial charge in [0.15, 0.2) is 0 Å². The van der Waals surface area contributed by atoms with Crippen molar-refractivity contribution in [1.82, 2.24) is 4.57 Å². The number of hydrogen-bond donors (Lipinski definition) is 2. The standard InChI is InChI=1S/C14H11FN2O4/c15-11-4-3-8(12(16)18)6-9(11)7-17-5-1-2-10(13(17)19)14(20)21/h1-6H,7H2,(H2,16,18)(H,20,21). The first-order chi connectivity index (χ1) is 9.90. The lowest BCUT2D eigenvalue weighted by molar-refractivity contribution is 0.0694. The summed E-state index contributed by atoms with van der Waals surface area (Å²) in [5.41, 5.74) is 4.11. The second kappa shape index (κ2) is 5.58. The third kappa shape index (κ3) is 2.97. The minimum atomic E-state index is -1.36. The number of carboxylic acids is 1. The molecule has 0 saturated heterocycles. The van der Waals surface area contributed by atoms with Gasteiger partial charge in [-0.3, -0.25) is 9.59 Å². The van der Waals surface area contributed by atoms with Crippen LogP contribution >= 0.6 is 0 Å². The van der Waals surface area contributed by atoms with Crippen molar-refractivity contribution in [2.75, 3.05) is 0 Å². The van der Waals surface area contributed by atoms with Crippen molar-refractivity contribution >= 4 is 11.9 Å². The SMILES string of the molecule is NC(=O)c1ccc(F)c(Cn2cccc(C(=O)O)c2=O)c1. The fourth-order valence-corrected chi connectivity index (χ4v) is 1.86. The quantitative estimate of drug-likeness (QED) is 0.870. The number of benzene rings is 1. The van der Waals surface area contributed by atoms with Crippen molar-refractivity contribution in [2.45, 2.75) is 6.54 Å². The third-order valence-corrected chi connectivity index (χ3v) is 2.92. The fourth-order valence-electron chi connectivity index (χ4n) is 1.86. The molecule has 1 heterocycles. The number of hydrogen-bond acceptors (Lipinski definition) is 3. The van der Waals surface area contributed by atoms with Crippen LogP contribution in [0.5, 0.6) is 0 Å². The highest BCUT2D eigenvalue weighted by Gasteiger charge is 2.12. The normalized spacial score (nSPS) is 10.3. The fraction of sp³-hybridized carbons (Fsp3) is 0.0714. The Bertz CT molecular complexity index is 783. The minimum absolute atomic E-state index is 0.0657. The summed E-state index contributed by atoms with van der Waals surface area (Å²) < 4.78 is 14.8. The van der Waals surface area contributed by atoms with Crippen LogP contribution in [-0.2, 0) is 6.54 Å². The van der Waals surface area contributed by atoms with Crippen LogP contribution in [0.25, 0.3) is 0 Å². The van der Waals surface area contributed by atoms with Gasteiger partial charge in [0, 0.05) is 17.3 Å². The van der Waals surface area contributed by atoms with Crippen molar-refractivity contribution in [1.29, 1.82) is 0 Å². The lowest BCUT2D eigenvalue weighted by atomic mass is 10.1. The summed E-state index contributed by atoms with van der Waals surface area (Å²) in [5.74, 6) is -2.70. The number of carboxylic acid groups (broad SMARTS) is 1.